The summed E-state index contributed by atoms with van der Waals surface area (Å²) in [6.07, 6.45) is 0. The highest BCUT2D eigenvalue weighted by molar-refractivity contribution is 6.55. The van der Waals surface area contributed by atoms with Crippen molar-refractivity contribution < 1.29 is 10.2 Å². The highest BCUT2D eigenvalue weighted by Crippen LogP contribution is 2.47. The van der Waals surface area contributed by atoms with Gasteiger partial charge >= 0.3 is 0 Å². The molecule has 10 heteroatoms. The van der Waals surface area contributed by atoms with Gasteiger partial charge in [0.2, 0.25) is 0 Å². The van der Waals surface area contributed by atoms with Gasteiger partial charge in [0.25, 0.3) is 0 Å². The van der Waals surface area contributed by atoms with Gasteiger partial charge in [0.15, 0.2) is 11.5 Å². The van der Waals surface area contributed by atoms with E-state index in [2.05, 4.69) is 0 Å². The van der Waals surface area contributed by atoms with Crippen molar-refractivity contribution in [1.82, 2.24) is 0 Å². The molecule has 0 saturated carbocycles. The van der Waals surface area contributed by atoms with Gasteiger partial charge in [-0.25, -0.2) is 0 Å². The molecule has 0 aliphatic heterocycles. The van der Waals surface area contributed by atoms with E-state index < -0.39 is 0 Å². The molecule has 2 rings (SSSR count). The van der Waals surface area contributed by atoms with Crippen LogP contribution in [-0.2, 0) is 0 Å². The number of rotatable bonds is 0. The molecular formula is C12H4Cl8O2. The minimum Gasteiger partial charge on any atom is -0.505 e. The van der Waals surface area contributed by atoms with Crippen LogP contribution in [0.15, 0.2) is 12.1 Å². The third-order valence-corrected chi connectivity index (χ3v) is 5.22. The number of hydrogen-bond donors (Lipinski definition) is 2. The summed E-state index contributed by atoms with van der Waals surface area (Å²) in [4.78, 5) is 0. The number of aromatic hydroxyl groups is 2. The van der Waals surface area contributed by atoms with Crippen LogP contribution in [0.3, 0.4) is 0 Å². The molecule has 0 amide bonds. The Kier molecular flexibility index (Phi) is 7.84. The van der Waals surface area contributed by atoms with Crippen LogP contribution in [-0.4, -0.2) is 10.2 Å². The minimum atomic E-state index is -0.363. The first-order chi connectivity index (χ1) is 10.1. The third-order valence-electron chi connectivity index (χ3n) is 2.17. The topological polar surface area (TPSA) is 40.5 Å². The van der Waals surface area contributed by atoms with Crippen LogP contribution in [0.4, 0.5) is 0 Å². The SMILES string of the molecule is Oc1c(Cl)c(Cl)c(Cl)c(Cl)c1Cl.Oc1c(Cl)cc(Cl)cc1Cl. The fourth-order valence-electron chi connectivity index (χ4n) is 1.13. The van der Waals surface area contributed by atoms with E-state index in [0.717, 1.165) is 0 Å². The van der Waals surface area contributed by atoms with Crippen molar-refractivity contribution in [2.24, 2.45) is 0 Å². The van der Waals surface area contributed by atoms with E-state index in [1.807, 2.05) is 0 Å². The molecule has 0 fully saturated rings. The molecule has 0 aliphatic carbocycles. The maximum atomic E-state index is 9.20. The van der Waals surface area contributed by atoms with Crippen LogP contribution in [0.5, 0.6) is 11.5 Å². The molecule has 2 aromatic rings. The van der Waals surface area contributed by atoms with Gasteiger partial charge in [-0.1, -0.05) is 92.8 Å². The summed E-state index contributed by atoms with van der Waals surface area (Å²) in [5, 5.41) is 18.8. The lowest BCUT2D eigenvalue weighted by molar-refractivity contribution is 0.475. The van der Waals surface area contributed by atoms with Crippen molar-refractivity contribution in [3.63, 3.8) is 0 Å². The second-order valence-corrected chi connectivity index (χ2v) is 6.78. The van der Waals surface area contributed by atoms with E-state index in [9.17, 15) is 5.11 Å². The second kappa shape index (κ2) is 8.46. The van der Waals surface area contributed by atoms with Crippen molar-refractivity contribution in [3.05, 3.63) is 52.3 Å². The largest absolute Gasteiger partial charge is 0.505 e. The summed E-state index contributed by atoms with van der Waals surface area (Å²) in [5.74, 6) is -0.495. The minimum absolute atomic E-state index is 0.00904. The molecule has 0 radical (unpaired) electrons. The first kappa shape index (κ1) is 20.4. The van der Waals surface area contributed by atoms with Gasteiger partial charge < -0.3 is 10.2 Å². The predicted octanol–water partition coefficient (Wildman–Crippen LogP) is 8.01. The maximum absolute atomic E-state index is 9.20. The summed E-state index contributed by atoms with van der Waals surface area (Å²) in [6.45, 7) is 0. The summed E-state index contributed by atoms with van der Waals surface area (Å²) in [7, 11) is 0. The van der Waals surface area contributed by atoms with Gasteiger partial charge in [-0.05, 0) is 12.1 Å². The molecule has 0 atom stereocenters. The molecule has 0 unspecified atom stereocenters. The molecule has 0 aliphatic rings. The number of phenolic OH excluding ortho intramolecular Hbond substituents is 2. The van der Waals surface area contributed by atoms with Crippen molar-refractivity contribution in [2.75, 3.05) is 0 Å². The van der Waals surface area contributed by atoms with Gasteiger partial charge in [0, 0.05) is 5.02 Å². The zero-order valence-corrected chi connectivity index (χ0v) is 16.1. The van der Waals surface area contributed by atoms with Crippen molar-refractivity contribution in [1.29, 1.82) is 0 Å². The van der Waals surface area contributed by atoms with Crippen LogP contribution >= 0.6 is 92.8 Å². The average Bonchev–Trinajstić information content (AvgIpc) is 2.47. The van der Waals surface area contributed by atoms with Gasteiger partial charge in [-0.3, -0.25) is 0 Å². The molecule has 0 bridgehead atoms. The first-order valence-corrected chi connectivity index (χ1v) is 8.14. The van der Waals surface area contributed by atoms with E-state index >= 15 is 0 Å². The van der Waals surface area contributed by atoms with Crippen molar-refractivity contribution in [3.8, 4) is 11.5 Å². The number of hydrogen-bond acceptors (Lipinski definition) is 2. The Labute approximate surface area is 166 Å². The van der Waals surface area contributed by atoms with Crippen molar-refractivity contribution >= 4 is 92.8 Å². The van der Waals surface area contributed by atoms with Gasteiger partial charge in [0.05, 0.1) is 25.1 Å². The Morgan fingerprint density at radius 3 is 1.18 bits per heavy atom. The third kappa shape index (κ3) is 4.68. The molecule has 22 heavy (non-hydrogen) atoms. The summed E-state index contributed by atoms with van der Waals surface area (Å²) in [5.41, 5.74) is 0. The fourth-order valence-corrected chi connectivity index (χ4v) is 3.07. The summed E-state index contributed by atoms with van der Waals surface area (Å²) >= 11 is 44.4. The second-order valence-electron chi connectivity index (χ2n) is 3.64. The average molecular weight is 464 g/mol. The molecule has 0 aromatic heterocycles. The number of benzene rings is 2. The van der Waals surface area contributed by atoms with Crippen LogP contribution in [0.1, 0.15) is 0 Å². The highest BCUT2D eigenvalue weighted by Gasteiger charge is 2.18. The Morgan fingerprint density at radius 1 is 0.500 bits per heavy atom. The van der Waals surface area contributed by atoms with Gasteiger partial charge in [-0.15, -0.1) is 0 Å². The van der Waals surface area contributed by atoms with Crippen LogP contribution in [0.25, 0.3) is 0 Å². The lowest BCUT2D eigenvalue weighted by Gasteiger charge is -2.06. The molecular weight excluding hydrogens is 460 g/mol. The van der Waals surface area contributed by atoms with Gasteiger partial charge in [-0.2, -0.15) is 0 Å². The smallest absolute Gasteiger partial charge is 0.155 e. The maximum Gasteiger partial charge on any atom is 0.155 e. The normalized spacial score (nSPS) is 10.2. The van der Waals surface area contributed by atoms with Gasteiger partial charge in [0.1, 0.15) is 10.0 Å². The van der Waals surface area contributed by atoms with E-state index in [1.165, 1.54) is 12.1 Å². The van der Waals surface area contributed by atoms with E-state index in [4.69, 9.17) is 97.9 Å². The lowest BCUT2D eigenvalue weighted by atomic mass is 10.3. The molecule has 2 nitrogen and oxygen atoms in total. The Bertz CT molecular complexity index is 589. The first-order valence-electron chi connectivity index (χ1n) is 5.11. The standard InChI is InChI=1S/C6HCl5O.C6H3Cl3O/c7-1-2(8)4(10)6(12)5(11)3(1)9;7-3-1-4(8)6(10)5(9)2-3/h12H;1-2,10H. The zero-order chi connectivity index (χ0) is 17.2. The molecule has 0 saturated heterocycles. The van der Waals surface area contributed by atoms with Crippen molar-refractivity contribution in [2.45, 2.75) is 0 Å². The summed E-state index contributed by atoms with van der Waals surface area (Å²) in [6, 6.07) is 2.84. The van der Waals surface area contributed by atoms with E-state index in [-0.39, 0.29) is 46.7 Å². The summed E-state index contributed by atoms with van der Waals surface area (Å²) < 4.78 is 0. The monoisotopic (exact) mass is 460 g/mol. The predicted molar refractivity (Wildman–Crippen MR) is 96.3 cm³/mol. The fraction of sp³-hybridized carbons (Fsp3) is 0. The van der Waals surface area contributed by atoms with E-state index in [0.29, 0.717) is 5.02 Å². The Hall–Kier alpha value is 0.360. The number of halogens is 8. The van der Waals surface area contributed by atoms with Crippen LogP contribution in [0, 0.1) is 0 Å². The quantitative estimate of drug-likeness (QED) is 0.307. The molecule has 0 spiro atoms. The Balaban J connectivity index is 0.000000224. The molecule has 0 heterocycles. The zero-order valence-electron chi connectivity index (χ0n) is 10.1. The molecule has 2 N–H and O–H groups in total. The van der Waals surface area contributed by atoms with E-state index in [1.54, 1.807) is 0 Å². The molecule has 2 aromatic carbocycles. The Morgan fingerprint density at radius 2 is 0.818 bits per heavy atom. The number of phenols is 2. The molecule has 120 valence electrons. The highest BCUT2D eigenvalue weighted by atomic mass is 35.5. The van der Waals surface area contributed by atoms with Crippen LogP contribution in [0.2, 0.25) is 40.2 Å². The lowest BCUT2D eigenvalue weighted by Crippen LogP contribution is -1.78. The van der Waals surface area contributed by atoms with Crippen LogP contribution < -0.4 is 0 Å².